The molecule has 2 fully saturated rings. The van der Waals surface area contributed by atoms with E-state index in [2.05, 4.69) is 42.0 Å². The second kappa shape index (κ2) is 9.36. The molecule has 0 radical (unpaired) electrons. The first-order valence-electron chi connectivity index (χ1n) is 8.45. The summed E-state index contributed by atoms with van der Waals surface area (Å²) in [5.41, 5.74) is 0. The molecular formula is C16H28IN7. The van der Waals surface area contributed by atoms with Crippen molar-refractivity contribution in [1.82, 2.24) is 25.1 Å². The molecular weight excluding hydrogens is 417 g/mol. The number of aliphatic imine (C=N–C) groups is 1. The van der Waals surface area contributed by atoms with Crippen LogP contribution in [0.15, 0.2) is 23.5 Å². The van der Waals surface area contributed by atoms with Gasteiger partial charge in [0.2, 0.25) is 5.95 Å². The lowest BCUT2D eigenvalue weighted by atomic mass is 10.3. The highest BCUT2D eigenvalue weighted by Crippen LogP contribution is 2.24. The van der Waals surface area contributed by atoms with Crippen LogP contribution in [-0.2, 0) is 0 Å². The van der Waals surface area contributed by atoms with Gasteiger partial charge in [0.15, 0.2) is 5.96 Å². The first kappa shape index (κ1) is 19.2. The predicted molar refractivity (Wildman–Crippen MR) is 108 cm³/mol. The maximum absolute atomic E-state index is 4.43. The minimum atomic E-state index is 0. The number of aromatic nitrogens is 2. The Morgan fingerprint density at radius 2 is 1.92 bits per heavy atom. The zero-order chi connectivity index (χ0) is 16.1. The van der Waals surface area contributed by atoms with Gasteiger partial charge < -0.3 is 20.0 Å². The predicted octanol–water partition coefficient (Wildman–Crippen LogP) is 0.886. The van der Waals surface area contributed by atoms with Gasteiger partial charge in [-0.3, -0.25) is 4.99 Å². The Morgan fingerprint density at radius 1 is 1.25 bits per heavy atom. The number of nitrogens with one attached hydrogen (secondary N) is 1. The van der Waals surface area contributed by atoms with E-state index in [0.717, 1.165) is 57.2 Å². The van der Waals surface area contributed by atoms with Gasteiger partial charge in [0.05, 0.1) is 0 Å². The van der Waals surface area contributed by atoms with E-state index in [-0.39, 0.29) is 24.0 Å². The number of nitrogens with zero attached hydrogens (tertiary/aromatic N) is 6. The van der Waals surface area contributed by atoms with Gasteiger partial charge in [-0.1, -0.05) is 0 Å². The molecule has 0 unspecified atom stereocenters. The fraction of sp³-hybridized carbons (Fsp3) is 0.688. The molecule has 1 saturated heterocycles. The zero-order valence-corrected chi connectivity index (χ0v) is 16.9. The quantitative estimate of drug-likeness (QED) is 0.413. The third-order valence-corrected chi connectivity index (χ3v) is 4.54. The van der Waals surface area contributed by atoms with Crippen LogP contribution in [0.25, 0.3) is 0 Å². The molecule has 0 spiro atoms. The minimum Gasteiger partial charge on any atom is -0.355 e. The Hall–Kier alpha value is -1.16. The Labute approximate surface area is 161 Å². The van der Waals surface area contributed by atoms with Crippen molar-refractivity contribution >= 4 is 35.9 Å². The van der Waals surface area contributed by atoms with Crippen LogP contribution >= 0.6 is 24.0 Å². The van der Waals surface area contributed by atoms with Crippen molar-refractivity contribution in [3.8, 4) is 0 Å². The Morgan fingerprint density at radius 3 is 2.50 bits per heavy atom. The van der Waals surface area contributed by atoms with Crippen LogP contribution in [0.5, 0.6) is 0 Å². The highest BCUT2D eigenvalue weighted by Gasteiger charge is 2.26. The SMILES string of the molecule is CN=C(NCCN(C)C1CC1)N1CCN(c2ncccn2)CC1.I. The molecule has 0 bridgehead atoms. The molecule has 7 nitrogen and oxygen atoms in total. The summed E-state index contributed by atoms with van der Waals surface area (Å²) in [6.07, 6.45) is 6.31. The number of guanidine groups is 1. The zero-order valence-electron chi connectivity index (χ0n) is 14.6. The highest BCUT2D eigenvalue weighted by molar-refractivity contribution is 14.0. The summed E-state index contributed by atoms with van der Waals surface area (Å²) < 4.78 is 0. The van der Waals surface area contributed by atoms with Crippen molar-refractivity contribution in [2.75, 3.05) is 58.3 Å². The maximum Gasteiger partial charge on any atom is 0.225 e. The largest absolute Gasteiger partial charge is 0.355 e. The van der Waals surface area contributed by atoms with Crippen molar-refractivity contribution in [3.63, 3.8) is 0 Å². The van der Waals surface area contributed by atoms with Gasteiger partial charge in [0, 0.05) is 64.8 Å². The first-order valence-corrected chi connectivity index (χ1v) is 8.45. The lowest BCUT2D eigenvalue weighted by Gasteiger charge is -2.36. The lowest BCUT2D eigenvalue weighted by Crippen LogP contribution is -2.53. The summed E-state index contributed by atoms with van der Waals surface area (Å²) >= 11 is 0. The summed E-state index contributed by atoms with van der Waals surface area (Å²) in [7, 11) is 4.07. The third-order valence-electron chi connectivity index (χ3n) is 4.54. The summed E-state index contributed by atoms with van der Waals surface area (Å²) in [5.74, 6) is 1.82. The van der Waals surface area contributed by atoms with Crippen molar-refractivity contribution in [3.05, 3.63) is 18.5 Å². The standard InChI is InChI=1S/C16H27N7.HI/c1-17-15(20-8-9-21(2)14-4-5-14)22-10-12-23(13-11-22)16-18-6-3-7-19-16;/h3,6-7,14H,4-5,8-13H2,1-2H3,(H,17,20);1H. The molecule has 1 saturated carbocycles. The van der Waals surface area contributed by atoms with Gasteiger partial charge in [-0.25, -0.2) is 9.97 Å². The molecule has 1 aliphatic heterocycles. The molecule has 0 atom stereocenters. The third kappa shape index (κ3) is 5.17. The number of anilines is 1. The van der Waals surface area contributed by atoms with Crippen molar-refractivity contribution in [1.29, 1.82) is 0 Å². The highest BCUT2D eigenvalue weighted by atomic mass is 127. The van der Waals surface area contributed by atoms with Crippen LogP contribution in [0.3, 0.4) is 0 Å². The summed E-state index contributed by atoms with van der Waals surface area (Å²) in [6, 6.07) is 2.66. The summed E-state index contributed by atoms with van der Waals surface area (Å²) in [4.78, 5) is 20.1. The first-order chi connectivity index (χ1) is 11.3. The van der Waals surface area contributed by atoms with Gasteiger partial charge in [-0.15, -0.1) is 24.0 Å². The van der Waals surface area contributed by atoms with Gasteiger partial charge in [-0.05, 0) is 26.0 Å². The molecule has 2 heterocycles. The molecule has 3 rings (SSSR count). The van der Waals surface area contributed by atoms with E-state index in [1.807, 2.05) is 13.1 Å². The molecule has 1 N–H and O–H groups in total. The van der Waals surface area contributed by atoms with E-state index < -0.39 is 0 Å². The van der Waals surface area contributed by atoms with E-state index in [0.29, 0.717) is 0 Å². The molecule has 8 heteroatoms. The molecule has 134 valence electrons. The molecule has 0 amide bonds. The van der Waals surface area contributed by atoms with Gasteiger partial charge in [-0.2, -0.15) is 0 Å². The molecule has 0 aromatic carbocycles. The maximum atomic E-state index is 4.43. The summed E-state index contributed by atoms with van der Waals surface area (Å²) in [6.45, 7) is 5.75. The number of hydrogen-bond donors (Lipinski definition) is 1. The number of piperazine rings is 1. The van der Waals surface area contributed by atoms with Crippen molar-refractivity contribution < 1.29 is 0 Å². The molecule has 1 aromatic rings. The number of halogens is 1. The molecule has 1 aliphatic carbocycles. The second-order valence-electron chi connectivity index (χ2n) is 6.21. The van der Waals surface area contributed by atoms with Gasteiger partial charge >= 0.3 is 0 Å². The lowest BCUT2D eigenvalue weighted by molar-refractivity contribution is 0.322. The van der Waals surface area contributed by atoms with E-state index in [1.165, 1.54) is 12.8 Å². The van der Waals surface area contributed by atoms with E-state index >= 15 is 0 Å². The number of likely N-dealkylation sites (N-methyl/N-ethyl adjacent to an activating group) is 1. The van der Waals surface area contributed by atoms with Crippen LogP contribution in [-0.4, -0.2) is 85.1 Å². The monoisotopic (exact) mass is 445 g/mol. The van der Waals surface area contributed by atoms with E-state index in [9.17, 15) is 0 Å². The average Bonchev–Trinajstić information content (AvgIpc) is 3.45. The van der Waals surface area contributed by atoms with Crippen LogP contribution in [0.1, 0.15) is 12.8 Å². The molecule has 24 heavy (non-hydrogen) atoms. The number of rotatable bonds is 5. The molecule has 1 aromatic heterocycles. The van der Waals surface area contributed by atoms with Gasteiger partial charge in [0.25, 0.3) is 0 Å². The molecule has 2 aliphatic rings. The fourth-order valence-electron chi connectivity index (χ4n) is 2.95. The van der Waals surface area contributed by atoms with Crippen LogP contribution in [0, 0.1) is 0 Å². The minimum absolute atomic E-state index is 0. The Bertz CT molecular complexity index is 512. The topological polar surface area (TPSA) is 59.9 Å². The van der Waals surface area contributed by atoms with Crippen molar-refractivity contribution in [2.24, 2.45) is 4.99 Å². The van der Waals surface area contributed by atoms with E-state index in [1.54, 1.807) is 12.4 Å². The smallest absolute Gasteiger partial charge is 0.225 e. The number of hydrogen-bond acceptors (Lipinski definition) is 5. The Balaban J connectivity index is 0.00000208. The van der Waals surface area contributed by atoms with Crippen LogP contribution < -0.4 is 10.2 Å². The fourth-order valence-corrected chi connectivity index (χ4v) is 2.95. The van der Waals surface area contributed by atoms with E-state index in [4.69, 9.17) is 0 Å². The van der Waals surface area contributed by atoms with Crippen LogP contribution in [0.4, 0.5) is 5.95 Å². The summed E-state index contributed by atoms with van der Waals surface area (Å²) in [5, 5.41) is 3.49. The Kier molecular flexibility index (Phi) is 7.47. The second-order valence-corrected chi connectivity index (χ2v) is 6.21. The van der Waals surface area contributed by atoms with Crippen molar-refractivity contribution in [2.45, 2.75) is 18.9 Å². The van der Waals surface area contributed by atoms with Gasteiger partial charge in [0.1, 0.15) is 0 Å². The van der Waals surface area contributed by atoms with Crippen LogP contribution in [0.2, 0.25) is 0 Å². The average molecular weight is 445 g/mol. The normalized spacial score (nSPS) is 18.5.